The van der Waals surface area contributed by atoms with Crippen molar-refractivity contribution in [2.45, 2.75) is 5.75 Å². The number of hydrogen-bond donors (Lipinski definition) is 1. The quantitative estimate of drug-likeness (QED) is 0.559. The van der Waals surface area contributed by atoms with Crippen molar-refractivity contribution in [3.63, 3.8) is 0 Å². The van der Waals surface area contributed by atoms with Crippen molar-refractivity contribution in [2.24, 2.45) is 0 Å². The molecule has 0 saturated carbocycles. The van der Waals surface area contributed by atoms with Gasteiger partial charge < -0.3 is 10.1 Å². The van der Waals surface area contributed by atoms with Crippen LogP contribution in [0, 0.1) is 0 Å². The van der Waals surface area contributed by atoms with E-state index >= 15 is 0 Å². The summed E-state index contributed by atoms with van der Waals surface area (Å²) < 4.78 is 5.69. The maximum atomic E-state index is 12.0. The fraction of sp³-hybridized carbons (Fsp3) is 0.190. The van der Waals surface area contributed by atoms with Crippen molar-refractivity contribution in [3.8, 4) is 5.75 Å². The molecule has 0 bridgehead atoms. The van der Waals surface area contributed by atoms with Gasteiger partial charge in [0.1, 0.15) is 5.75 Å². The molecule has 0 aromatic heterocycles. The number of thioether (sulfide) groups is 1. The first-order valence-corrected chi connectivity index (χ1v) is 9.96. The Morgan fingerprint density at radius 2 is 1.77 bits per heavy atom. The van der Waals surface area contributed by atoms with Crippen LogP contribution >= 0.6 is 23.4 Å². The first-order chi connectivity index (χ1) is 12.7. The van der Waals surface area contributed by atoms with Crippen LogP contribution < -0.4 is 10.1 Å². The van der Waals surface area contributed by atoms with Crippen LogP contribution in [0.3, 0.4) is 0 Å². The fourth-order valence-corrected chi connectivity index (χ4v) is 3.72. The summed E-state index contributed by atoms with van der Waals surface area (Å²) in [6.45, 7) is 0.621. The minimum absolute atomic E-state index is 0.0171. The van der Waals surface area contributed by atoms with Crippen molar-refractivity contribution in [3.05, 3.63) is 77.3 Å². The van der Waals surface area contributed by atoms with Crippen molar-refractivity contribution in [1.29, 1.82) is 0 Å². The number of benzene rings is 3. The zero-order valence-electron chi connectivity index (χ0n) is 14.3. The molecule has 0 unspecified atom stereocenters. The number of rotatable bonds is 8. The molecular formula is C21H20ClNO2S. The van der Waals surface area contributed by atoms with Gasteiger partial charge in [-0.2, -0.15) is 11.8 Å². The molecule has 0 fully saturated rings. The molecule has 0 heterocycles. The molecule has 26 heavy (non-hydrogen) atoms. The highest BCUT2D eigenvalue weighted by atomic mass is 35.5. The first kappa shape index (κ1) is 18.6. The molecule has 1 N–H and O–H groups in total. The summed E-state index contributed by atoms with van der Waals surface area (Å²) in [6, 6.07) is 21.6. The molecule has 3 aromatic carbocycles. The van der Waals surface area contributed by atoms with Gasteiger partial charge in [-0.15, -0.1) is 0 Å². The second-order valence-corrected chi connectivity index (χ2v) is 7.27. The molecule has 3 rings (SSSR count). The van der Waals surface area contributed by atoms with Crippen molar-refractivity contribution in [1.82, 2.24) is 5.32 Å². The number of carbonyl (C=O) groups excluding carboxylic acids is 1. The van der Waals surface area contributed by atoms with Crippen molar-refractivity contribution in [2.75, 3.05) is 18.9 Å². The van der Waals surface area contributed by atoms with Crippen LogP contribution in [0.1, 0.15) is 5.56 Å². The van der Waals surface area contributed by atoms with Crippen molar-refractivity contribution < 1.29 is 9.53 Å². The summed E-state index contributed by atoms with van der Waals surface area (Å²) in [6.07, 6.45) is 0. The van der Waals surface area contributed by atoms with Gasteiger partial charge in [-0.25, -0.2) is 0 Å². The van der Waals surface area contributed by atoms with Gasteiger partial charge in [-0.3, -0.25) is 4.79 Å². The third kappa shape index (κ3) is 5.16. The minimum atomic E-state index is -0.115. The largest absolute Gasteiger partial charge is 0.483 e. The molecule has 0 aliphatic rings. The summed E-state index contributed by atoms with van der Waals surface area (Å²) >= 11 is 7.87. The number of carbonyl (C=O) groups is 1. The maximum absolute atomic E-state index is 12.0. The smallest absolute Gasteiger partial charge is 0.257 e. The lowest BCUT2D eigenvalue weighted by molar-refractivity contribution is -0.122. The molecule has 3 nitrogen and oxygen atoms in total. The standard InChI is InChI=1S/C21H20ClNO2S/c22-19-10-4-2-7-17(19)15-26-13-12-23-21(24)14-25-20-11-5-8-16-6-1-3-9-18(16)20/h1-11H,12-15H2,(H,23,24). The van der Waals surface area contributed by atoms with Gasteiger partial charge in [0.25, 0.3) is 5.91 Å². The topological polar surface area (TPSA) is 38.3 Å². The number of nitrogens with one attached hydrogen (secondary N) is 1. The first-order valence-electron chi connectivity index (χ1n) is 8.42. The lowest BCUT2D eigenvalue weighted by atomic mass is 10.1. The predicted molar refractivity (Wildman–Crippen MR) is 110 cm³/mol. The Morgan fingerprint density at radius 1 is 1.00 bits per heavy atom. The second kappa shape index (κ2) is 9.51. The van der Waals surface area contributed by atoms with Crippen LogP contribution in [-0.4, -0.2) is 24.8 Å². The third-order valence-electron chi connectivity index (χ3n) is 3.89. The zero-order valence-corrected chi connectivity index (χ0v) is 15.9. The van der Waals surface area contributed by atoms with Gasteiger partial charge >= 0.3 is 0 Å². The lowest BCUT2D eigenvalue weighted by Crippen LogP contribution is -2.30. The number of hydrogen-bond acceptors (Lipinski definition) is 3. The van der Waals surface area contributed by atoms with Crippen molar-refractivity contribution >= 4 is 40.0 Å². The van der Waals surface area contributed by atoms with Gasteiger partial charge in [0.15, 0.2) is 6.61 Å². The molecular weight excluding hydrogens is 366 g/mol. The molecule has 0 radical (unpaired) electrons. The van der Waals surface area contributed by atoms with Crippen LogP contribution in [-0.2, 0) is 10.5 Å². The molecule has 1 amide bonds. The molecule has 0 spiro atoms. The number of fused-ring (bicyclic) bond motifs is 1. The fourth-order valence-electron chi connectivity index (χ4n) is 2.58. The number of halogens is 1. The van der Waals surface area contributed by atoms with Gasteiger partial charge in [0.05, 0.1) is 0 Å². The highest BCUT2D eigenvalue weighted by Gasteiger charge is 2.05. The third-order valence-corrected chi connectivity index (χ3v) is 5.27. The van der Waals surface area contributed by atoms with E-state index in [-0.39, 0.29) is 12.5 Å². The summed E-state index contributed by atoms with van der Waals surface area (Å²) in [4.78, 5) is 12.0. The molecule has 3 aromatic rings. The number of amides is 1. The van der Waals surface area contributed by atoms with Crippen LogP contribution in [0.4, 0.5) is 0 Å². The van der Waals surface area contributed by atoms with Crippen LogP contribution in [0.2, 0.25) is 5.02 Å². The average Bonchev–Trinajstić information content (AvgIpc) is 2.67. The SMILES string of the molecule is O=C(COc1cccc2ccccc12)NCCSCc1ccccc1Cl. The molecule has 0 aliphatic carbocycles. The Hall–Kier alpha value is -2.17. The lowest BCUT2D eigenvalue weighted by Gasteiger charge is -2.10. The predicted octanol–water partition coefficient (Wildman–Crippen LogP) is 4.92. The van der Waals surface area contributed by atoms with E-state index in [1.54, 1.807) is 11.8 Å². The van der Waals surface area contributed by atoms with E-state index in [4.69, 9.17) is 16.3 Å². The van der Waals surface area contributed by atoms with Gasteiger partial charge in [0.2, 0.25) is 0 Å². The zero-order chi connectivity index (χ0) is 18.2. The van der Waals surface area contributed by atoms with Crippen LogP contribution in [0.5, 0.6) is 5.75 Å². The molecule has 0 aliphatic heterocycles. The van der Waals surface area contributed by atoms with E-state index in [9.17, 15) is 4.79 Å². The molecule has 0 atom stereocenters. The molecule has 0 saturated heterocycles. The highest BCUT2D eigenvalue weighted by Crippen LogP contribution is 2.25. The number of ether oxygens (including phenoxy) is 1. The van der Waals surface area contributed by atoms with Gasteiger partial charge in [-0.05, 0) is 23.1 Å². The Labute approximate surface area is 162 Å². The Balaban J connectivity index is 1.38. The Bertz CT molecular complexity index is 879. The average molecular weight is 386 g/mol. The normalized spacial score (nSPS) is 10.7. The van der Waals surface area contributed by atoms with Gasteiger partial charge in [-0.1, -0.05) is 66.2 Å². The maximum Gasteiger partial charge on any atom is 0.257 e. The van der Waals surface area contributed by atoms with E-state index in [2.05, 4.69) is 5.32 Å². The van der Waals surface area contributed by atoms with E-state index in [0.29, 0.717) is 6.54 Å². The van der Waals surface area contributed by atoms with Crippen LogP contribution in [0.15, 0.2) is 66.7 Å². The Kier molecular flexibility index (Phi) is 6.81. The van der Waals surface area contributed by atoms with Crippen LogP contribution in [0.25, 0.3) is 10.8 Å². The van der Waals surface area contributed by atoms with E-state index in [0.717, 1.165) is 38.6 Å². The summed E-state index contributed by atoms with van der Waals surface area (Å²) in [5.41, 5.74) is 1.12. The van der Waals surface area contributed by atoms with E-state index in [1.807, 2.05) is 66.7 Å². The highest BCUT2D eigenvalue weighted by molar-refractivity contribution is 7.98. The van der Waals surface area contributed by atoms with Gasteiger partial charge in [0, 0.05) is 28.5 Å². The summed E-state index contributed by atoms with van der Waals surface area (Å²) in [7, 11) is 0. The second-order valence-electron chi connectivity index (χ2n) is 5.76. The van der Waals surface area contributed by atoms with E-state index < -0.39 is 0 Å². The Morgan fingerprint density at radius 3 is 2.65 bits per heavy atom. The monoisotopic (exact) mass is 385 g/mol. The summed E-state index contributed by atoms with van der Waals surface area (Å²) in [5.74, 6) is 2.27. The summed E-state index contributed by atoms with van der Waals surface area (Å²) in [5, 5.41) is 5.78. The molecule has 134 valence electrons. The minimum Gasteiger partial charge on any atom is -0.483 e. The molecule has 5 heteroatoms. The van der Waals surface area contributed by atoms with E-state index in [1.165, 1.54) is 0 Å².